The molecular formula is C77H75N3O17. The number of carbonyl (C=O) groups excluding carboxylic acids is 6. The summed E-state index contributed by atoms with van der Waals surface area (Å²) in [5.74, 6) is -0.541. The van der Waals surface area contributed by atoms with Crippen molar-refractivity contribution in [3.63, 3.8) is 0 Å². The predicted molar refractivity (Wildman–Crippen MR) is 361 cm³/mol. The number of phenols is 2. The third kappa shape index (κ3) is 15.0. The number of carbonyl (C=O) groups is 5. The lowest BCUT2D eigenvalue weighted by Gasteiger charge is -2.48. The van der Waals surface area contributed by atoms with E-state index >= 15 is 0 Å². The van der Waals surface area contributed by atoms with Gasteiger partial charge in [-0.05, 0) is 136 Å². The van der Waals surface area contributed by atoms with Gasteiger partial charge >= 0.3 is 30.1 Å². The highest BCUT2D eigenvalue weighted by Crippen LogP contribution is 2.58. The van der Waals surface area contributed by atoms with Gasteiger partial charge in [0.05, 0.1) is 19.6 Å². The lowest BCUT2D eigenvalue weighted by atomic mass is 9.63. The number of methoxy groups -OCH3 is 4. The number of benzene rings is 8. The molecule has 0 fully saturated rings. The van der Waals surface area contributed by atoms with Crippen LogP contribution in [0.5, 0.6) is 23.0 Å². The highest BCUT2D eigenvalue weighted by Gasteiger charge is 2.55. The number of aromatic hydroxyl groups is 2. The van der Waals surface area contributed by atoms with Gasteiger partial charge in [-0.1, -0.05) is 165 Å². The minimum atomic E-state index is -1.09. The molecule has 500 valence electrons. The van der Waals surface area contributed by atoms with Crippen LogP contribution in [-0.4, -0.2) is 114 Å². The van der Waals surface area contributed by atoms with Crippen LogP contribution in [0, 0.1) is 0 Å². The van der Waals surface area contributed by atoms with Crippen LogP contribution in [0.2, 0.25) is 0 Å². The predicted octanol–water partition coefficient (Wildman–Crippen LogP) is 12.0. The Kier molecular flexibility index (Phi) is 23.8. The zero-order valence-corrected chi connectivity index (χ0v) is 54.8. The first kappa shape index (κ1) is 71.6. The zero-order chi connectivity index (χ0) is 69.9. The summed E-state index contributed by atoms with van der Waals surface area (Å²) in [6.45, 7) is 15.4. The number of phenolic OH excluding ortho intramolecular Hbond substituents is 2. The first-order valence-electron chi connectivity index (χ1n) is 30.6. The number of fused-ring (bicyclic) bond motifs is 4. The molecule has 8 aromatic rings. The van der Waals surface area contributed by atoms with Crippen LogP contribution in [-0.2, 0) is 74.7 Å². The first-order chi connectivity index (χ1) is 46.7. The Bertz CT molecular complexity index is 3880. The van der Waals surface area contributed by atoms with Crippen LogP contribution >= 0.6 is 0 Å². The van der Waals surface area contributed by atoms with Crippen molar-refractivity contribution in [2.24, 2.45) is 4.99 Å². The number of isocyanates is 1. The molecule has 2 aliphatic rings. The van der Waals surface area contributed by atoms with E-state index in [-0.39, 0.29) is 62.1 Å². The fourth-order valence-corrected chi connectivity index (χ4v) is 12.0. The maximum Gasteiger partial charge on any atom is 0.412 e. The molecular weight excluding hydrogens is 1240 g/mol. The zero-order valence-electron chi connectivity index (χ0n) is 54.8. The van der Waals surface area contributed by atoms with Gasteiger partial charge in [-0.3, -0.25) is 0 Å². The SMILES string of the molecule is C=C(C)C(=O)OCCN=C=O.C=C(C)C(=O)OCCNC(=O)Oc1ccc(C2(OC)c3ccccc3C(OC)(c3ccc(OC(=O)NCCOC(=O)C(=C)C)cc3)c3ccccc32)cc1.COC1(c2ccc(O)cc2)c2ccccc2C(OC)(c2ccc(O)cc2)c2ccccc21. The standard InChI is InChI=1S/C42H42N2O10.C28H24O4.C7H9NO3/c1-27(2)37(45)51-25-23-43-39(47)53-31-19-15-29(16-20-31)41(49-5)33-11-7-9-13-35(33)42(50-6,36-14-10-8-12-34(36)41)30-17-21-32(22-18-30)54-40(48)44-24-26-52-38(46)28(3)4;1-31-27(19-11-15-21(29)16-12-19)23-7-3-5-9-25(23)28(32-2,20-13-17-22(30)18-14-20)26-10-6-4-8-24(26)27;1-6(2)7(10)11-4-3-8-5-9/h7-22H,1,3,23-26H2,2,4-6H3,(H,43,47)(H,44,48);3-18,29-30H,1-2H3;1,3-4H2,2H3. The van der Waals surface area contributed by atoms with Crippen molar-refractivity contribution >= 4 is 36.2 Å². The number of aliphatic imine (C=N–C) groups is 1. The number of esters is 3. The summed E-state index contributed by atoms with van der Waals surface area (Å²) >= 11 is 0. The number of amides is 2. The van der Waals surface area contributed by atoms with Gasteiger partial charge in [-0.25, -0.2) is 33.8 Å². The minimum absolute atomic E-state index is 0.0231. The molecule has 0 aromatic heterocycles. The average molecular weight is 1310 g/mol. The van der Waals surface area contributed by atoms with E-state index in [0.29, 0.717) is 17.1 Å². The molecule has 0 radical (unpaired) electrons. The molecule has 20 heteroatoms. The summed E-state index contributed by atoms with van der Waals surface area (Å²) in [4.78, 5) is 71.4. The van der Waals surface area contributed by atoms with Gasteiger partial charge in [0.15, 0.2) is 0 Å². The van der Waals surface area contributed by atoms with Crippen LogP contribution < -0.4 is 20.1 Å². The molecule has 2 amide bonds. The number of nitrogens with one attached hydrogen (secondary N) is 2. The molecule has 0 saturated heterocycles. The molecule has 0 aliphatic heterocycles. The van der Waals surface area contributed by atoms with Gasteiger partial charge in [0.2, 0.25) is 6.08 Å². The number of hydrogen-bond acceptors (Lipinski definition) is 18. The topological polar surface area (TPSA) is 262 Å². The van der Waals surface area contributed by atoms with Crippen molar-refractivity contribution in [3.8, 4) is 23.0 Å². The number of rotatable bonds is 22. The van der Waals surface area contributed by atoms with Crippen molar-refractivity contribution in [2.45, 2.75) is 43.2 Å². The smallest absolute Gasteiger partial charge is 0.412 e. The van der Waals surface area contributed by atoms with Crippen molar-refractivity contribution in [1.29, 1.82) is 0 Å². The van der Waals surface area contributed by atoms with E-state index < -0.39 is 52.5 Å². The number of ether oxygens (including phenoxy) is 9. The third-order valence-corrected chi connectivity index (χ3v) is 16.2. The molecule has 0 bridgehead atoms. The highest BCUT2D eigenvalue weighted by atomic mass is 16.6. The summed E-state index contributed by atoms with van der Waals surface area (Å²) < 4.78 is 51.3. The number of nitrogens with zero attached hydrogens (tertiary/aromatic N) is 1. The van der Waals surface area contributed by atoms with E-state index in [2.05, 4.69) is 64.4 Å². The first-order valence-corrected chi connectivity index (χ1v) is 30.6. The second kappa shape index (κ2) is 32.3. The van der Waals surface area contributed by atoms with E-state index in [1.54, 1.807) is 97.7 Å². The summed E-state index contributed by atoms with van der Waals surface area (Å²) in [6, 6.07) is 60.4. The van der Waals surface area contributed by atoms with Gasteiger partial charge in [-0.2, -0.15) is 0 Å². The molecule has 0 heterocycles. The highest BCUT2D eigenvalue weighted by molar-refractivity contribution is 5.88. The van der Waals surface area contributed by atoms with Crippen LogP contribution in [0.4, 0.5) is 9.59 Å². The normalized spacial score (nSPS) is 17.4. The molecule has 0 unspecified atom stereocenters. The summed E-state index contributed by atoms with van der Waals surface area (Å²) in [5, 5.41) is 24.9. The second-order valence-electron chi connectivity index (χ2n) is 22.2. The van der Waals surface area contributed by atoms with Gasteiger partial charge in [0.25, 0.3) is 0 Å². The molecule has 0 atom stereocenters. The van der Waals surface area contributed by atoms with Crippen LogP contribution in [0.15, 0.2) is 236 Å². The van der Waals surface area contributed by atoms with Crippen LogP contribution in [0.3, 0.4) is 0 Å². The second-order valence-corrected chi connectivity index (χ2v) is 22.2. The molecule has 0 spiro atoms. The maximum atomic E-state index is 12.5. The molecule has 10 rings (SSSR count). The van der Waals surface area contributed by atoms with E-state index in [9.17, 15) is 39.0 Å². The molecule has 97 heavy (non-hydrogen) atoms. The summed E-state index contributed by atoms with van der Waals surface area (Å²) in [7, 11) is 6.71. The Morgan fingerprint density at radius 3 is 0.856 bits per heavy atom. The van der Waals surface area contributed by atoms with Gasteiger partial charge in [0, 0.05) is 45.2 Å². The molecule has 0 saturated carbocycles. The van der Waals surface area contributed by atoms with Crippen molar-refractivity contribution in [3.05, 3.63) is 297 Å². The third-order valence-electron chi connectivity index (χ3n) is 16.2. The van der Waals surface area contributed by atoms with E-state index in [0.717, 1.165) is 66.8 Å². The largest absolute Gasteiger partial charge is 0.508 e. The Labute approximate surface area is 562 Å². The van der Waals surface area contributed by atoms with Crippen molar-refractivity contribution in [2.75, 3.05) is 67.9 Å². The molecule has 8 aromatic carbocycles. The molecule has 2 aliphatic carbocycles. The fourth-order valence-electron chi connectivity index (χ4n) is 12.0. The number of hydrogen-bond donors (Lipinski definition) is 4. The summed E-state index contributed by atoms with van der Waals surface area (Å²) in [6.07, 6.45) is -0.0709. The molecule has 20 nitrogen and oxygen atoms in total. The van der Waals surface area contributed by atoms with Crippen molar-refractivity contribution in [1.82, 2.24) is 10.6 Å². The fraction of sp³-hybridized carbons (Fsp3) is 0.221. The molecule has 4 N–H and O–H groups in total. The Morgan fingerprint density at radius 1 is 0.392 bits per heavy atom. The average Bonchev–Trinajstić information content (AvgIpc) is 0.698. The lowest BCUT2D eigenvalue weighted by Crippen LogP contribution is -2.46. The Hall–Kier alpha value is -11.3. The monoisotopic (exact) mass is 1310 g/mol. The van der Waals surface area contributed by atoms with Gasteiger partial charge < -0.3 is 63.5 Å². The van der Waals surface area contributed by atoms with E-state index in [1.807, 2.05) is 121 Å². The minimum Gasteiger partial charge on any atom is -0.508 e. The quantitative estimate of drug-likeness (QED) is 0.0123. The van der Waals surface area contributed by atoms with Crippen LogP contribution in [0.1, 0.15) is 87.5 Å². The van der Waals surface area contributed by atoms with Gasteiger partial charge in [-0.15, -0.1) is 0 Å². The lowest BCUT2D eigenvalue weighted by molar-refractivity contribution is -0.139. The van der Waals surface area contributed by atoms with E-state index in [4.69, 9.17) is 37.9 Å². The van der Waals surface area contributed by atoms with Crippen LogP contribution in [0.25, 0.3) is 0 Å². The van der Waals surface area contributed by atoms with Gasteiger partial charge in [0.1, 0.15) is 65.2 Å². The maximum absolute atomic E-state index is 12.5. The Balaban J connectivity index is 0.000000233. The van der Waals surface area contributed by atoms with Crippen molar-refractivity contribution < 1.29 is 81.6 Å². The summed E-state index contributed by atoms with van der Waals surface area (Å²) in [5.41, 5.74) is 7.43. The van der Waals surface area contributed by atoms with E-state index in [1.165, 1.54) is 6.08 Å². The Morgan fingerprint density at radius 2 is 0.629 bits per heavy atom.